The predicted octanol–water partition coefficient (Wildman–Crippen LogP) is 2.99. The lowest BCUT2D eigenvalue weighted by molar-refractivity contribution is 0.145. The second kappa shape index (κ2) is 7.35. The molecule has 1 atom stereocenters. The van der Waals surface area contributed by atoms with Gasteiger partial charge in [0.1, 0.15) is 4.21 Å². The fourth-order valence-corrected chi connectivity index (χ4v) is 6.01. The topological polar surface area (TPSA) is 40.6 Å². The lowest BCUT2D eigenvalue weighted by Crippen LogP contribution is -2.51. The lowest BCUT2D eigenvalue weighted by Gasteiger charge is -2.37. The van der Waals surface area contributed by atoms with Crippen molar-refractivity contribution in [2.75, 3.05) is 26.2 Å². The van der Waals surface area contributed by atoms with E-state index in [1.54, 1.807) is 10.4 Å². The molecule has 1 saturated heterocycles. The number of rotatable bonds is 5. The second-order valence-corrected chi connectivity index (χ2v) is 9.80. The molecule has 0 aliphatic carbocycles. The Bertz CT molecular complexity index is 763. The number of aryl methyl sites for hydroxylation is 1. The quantitative estimate of drug-likeness (QED) is 0.819. The molecule has 6 heteroatoms. The van der Waals surface area contributed by atoms with Gasteiger partial charge in [-0.05, 0) is 38.0 Å². The van der Waals surface area contributed by atoms with Crippen LogP contribution in [0.3, 0.4) is 0 Å². The van der Waals surface area contributed by atoms with E-state index in [0.717, 1.165) is 24.4 Å². The summed E-state index contributed by atoms with van der Waals surface area (Å²) in [7, 11) is -3.32. The molecule has 0 saturated carbocycles. The van der Waals surface area contributed by atoms with Crippen LogP contribution in [0.1, 0.15) is 17.4 Å². The highest BCUT2D eigenvalue weighted by Gasteiger charge is 2.30. The summed E-state index contributed by atoms with van der Waals surface area (Å²) in [5.74, 6) is 0. The largest absolute Gasteiger partial charge is 0.298 e. The third-order valence-corrected chi connectivity index (χ3v) is 7.95. The van der Waals surface area contributed by atoms with Crippen LogP contribution in [0.5, 0.6) is 0 Å². The highest BCUT2D eigenvalue weighted by atomic mass is 32.2. The summed E-state index contributed by atoms with van der Waals surface area (Å²) >= 11 is 1.35. The molecule has 1 aromatic carbocycles. The standard InChI is InChI=1S/C18H24N2O2S2/c1-15(14-17-6-4-3-5-7-17)19-10-12-20(13-11-19)24(21,22)18-9-8-16(2)23-18/h3-9,15H,10-14H2,1-2H3. The Hall–Kier alpha value is -1.21. The van der Waals surface area contributed by atoms with Crippen molar-refractivity contribution in [2.45, 2.75) is 30.5 Å². The van der Waals surface area contributed by atoms with Crippen molar-refractivity contribution < 1.29 is 8.42 Å². The molecule has 0 spiro atoms. The minimum atomic E-state index is -3.32. The molecule has 130 valence electrons. The molecule has 1 fully saturated rings. The van der Waals surface area contributed by atoms with Crippen molar-refractivity contribution in [3.63, 3.8) is 0 Å². The third kappa shape index (κ3) is 3.88. The van der Waals surface area contributed by atoms with Gasteiger partial charge in [-0.15, -0.1) is 11.3 Å². The van der Waals surface area contributed by atoms with Crippen molar-refractivity contribution in [3.05, 3.63) is 52.9 Å². The monoisotopic (exact) mass is 364 g/mol. The number of hydrogen-bond donors (Lipinski definition) is 0. The van der Waals surface area contributed by atoms with Gasteiger partial charge in [-0.3, -0.25) is 4.90 Å². The first-order valence-electron chi connectivity index (χ1n) is 8.31. The van der Waals surface area contributed by atoms with Crippen LogP contribution in [-0.2, 0) is 16.4 Å². The summed E-state index contributed by atoms with van der Waals surface area (Å²) in [5.41, 5.74) is 1.33. The second-order valence-electron chi connectivity index (χ2n) is 6.34. The molecule has 2 aromatic rings. The molecule has 0 N–H and O–H groups in total. The highest BCUT2D eigenvalue weighted by molar-refractivity contribution is 7.91. The minimum absolute atomic E-state index is 0.418. The Kier molecular flexibility index (Phi) is 5.39. The number of thiophene rings is 1. The van der Waals surface area contributed by atoms with Gasteiger partial charge in [0, 0.05) is 37.1 Å². The summed E-state index contributed by atoms with van der Waals surface area (Å²) < 4.78 is 27.5. The molecular weight excluding hydrogens is 340 g/mol. The smallest absolute Gasteiger partial charge is 0.252 e. The van der Waals surface area contributed by atoms with Gasteiger partial charge in [-0.2, -0.15) is 4.31 Å². The van der Waals surface area contributed by atoms with E-state index in [0.29, 0.717) is 23.3 Å². The van der Waals surface area contributed by atoms with Gasteiger partial charge in [0.05, 0.1) is 0 Å². The molecule has 0 radical (unpaired) electrons. The number of piperazine rings is 1. The van der Waals surface area contributed by atoms with Crippen molar-refractivity contribution >= 4 is 21.4 Å². The Morgan fingerprint density at radius 3 is 2.29 bits per heavy atom. The van der Waals surface area contributed by atoms with Crippen LogP contribution in [0.2, 0.25) is 0 Å². The van der Waals surface area contributed by atoms with Gasteiger partial charge in [0.25, 0.3) is 10.0 Å². The maximum atomic E-state index is 12.7. The van der Waals surface area contributed by atoms with Gasteiger partial charge in [0.2, 0.25) is 0 Å². The molecule has 0 amide bonds. The molecule has 24 heavy (non-hydrogen) atoms. The van der Waals surface area contributed by atoms with E-state index >= 15 is 0 Å². The average molecular weight is 365 g/mol. The molecule has 1 unspecified atom stereocenters. The summed E-state index contributed by atoms with van der Waals surface area (Å²) in [6.07, 6.45) is 0.998. The molecule has 3 rings (SSSR count). The van der Waals surface area contributed by atoms with Crippen LogP contribution >= 0.6 is 11.3 Å². The summed E-state index contributed by atoms with van der Waals surface area (Å²) in [4.78, 5) is 3.42. The number of nitrogens with zero attached hydrogens (tertiary/aromatic N) is 2. The van der Waals surface area contributed by atoms with Crippen LogP contribution in [-0.4, -0.2) is 49.8 Å². The summed E-state index contributed by atoms with van der Waals surface area (Å²) in [6, 6.07) is 14.5. The van der Waals surface area contributed by atoms with Crippen LogP contribution in [0.15, 0.2) is 46.7 Å². The number of hydrogen-bond acceptors (Lipinski definition) is 4. The fourth-order valence-electron chi connectivity index (χ4n) is 3.15. The van der Waals surface area contributed by atoms with Crippen LogP contribution in [0.25, 0.3) is 0 Å². The van der Waals surface area contributed by atoms with E-state index < -0.39 is 10.0 Å². The normalized spacial score (nSPS) is 18.6. The number of benzene rings is 1. The molecule has 2 heterocycles. The predicted molar refractivity (Wildman–Crippen MR) is 99.0 cm³/mol. The Morgan fingerprint density at radius 1 is 1.04 bits per heavy atom. The Labute approximate surface area is 148 Å². The van der Waals surface area contributed by atoms with E-state index in [1.807, 2.05) is 19.1 Å². The Balaban J connectivity index is 1.59. The van der Waals surface area contributed by atoms with Crippen molar-refractivity contribution in [1.29, 1.82) is 0 Å². The first kappa shape index (κ1) is 17.6. The molecule has 1 aliphatic rings. The Morgan fingerprint density at radius 2 is 1.71 bits per heavy atom. The SMILES string of the molecule is Cc1ccc(S(=O)(=O)N2CCN(C(C)Cc3ccccc3)CC2)s1. The molecular formula is C18H24N2O2S2. The van der Waals surface area contributed by atoms with Gasteiger partial charge >= 0.3 is 0 Å². The van der Waals surface area contributed by atoms with Crippen molar-refractivity contribution in [2.24, 2.45) is 0 Å². The maximum Gasteiger partial charge on any atom is 0.252 e. The molecule has 1 aromatic heterocycles. The number of sulfonamides is 1. The third-order valence-electron chi connectivity index (χ3n) is 4.58. The maximum absolute atomic E-state index is 12.7. The van der Waals surface area contributed by atoms with Gasteiger partial charge in [-0.1, -0.05) is 30.3 Å². The lowest BCUT2D eigenvalue weighted by atomic mass is 10.1. The first-order chi connectivity index (χ1) is 11.5. The van der Waals surface area contributed by atoms with Crippen molar-refractivity contribution in [3.8, 4) is 0 Å². The zero-order valence-corrected chi connectivity index (χ0v) is 15.8. The van der Waals surface area contributed by atoms with Gasteiger partial charge in [-0.25, -0.2) is 8.42 Å². The van der Waals surface area contributed by atoms with Crippen molar-refractivity contribution in [1.82, 2.24) is 9.21 Å². The van der Waals surface area contributed by atoms with Crippen LogP contribution in [0, 0.1) is 6.92 Å². The van der Waals surface area contributed by atoms with E-state index in [4.69, 9.17) is 0 Å². The summed E-state index contributed by atoms with van der Waals surface area (Å²) in [5, 5.41) is 0. The van der Waals surface area contributed by atoms with Crippen LogP contribution < -0.4 is 0 Å². The van der Waals surface area contributed by atoms with E-state index in [9.17, 15) is 8.42 Å². The summed E-state index contributed by atoms with van der Waals surface area (Å²) in [6.45, 7) is 6.87. The molecule has 1 aliphatic heterocycles. The molecule has 0 bridgehead atoms. The van der Waals surface area contributed by atoms with Gasteiger partial charge < -0.3 is 0 Å². The fraction of sp³-hybridized carbons (Fsp3) is 0.444. The van der Waals surface area contributed by atoms with E-state index in [2.05, 4.69) is 36.1 Å². The van der Waals surface area contributed by atoms with E-state index in [-0.39, 0.29) is 0 Å². The zero-order valence-electron chi connectivity index (χ0n) is 14.2. The average Bonchev–Trinajstić information content (AvgIpc) is 3.03. The molecule has 4 nitrogen and oxygen atoms in total. The van der Waals surface area contributed by atoms with Crippen LogP contribution in [0.4, 0.5) is 0 Å². The highest BCUT2D eigenvalue weighted by Crippen LogP contribution is 2.25. The van der Waals surface area contributed by atoms with Gasteiger partial charge in [0.15, 0.2) is 0 Å². The van der Waals surface area contributed by atoms with E-state index in [1.165, 1.54) is 16.9 Å². The zero-order chi connectivity index (χ0) is 17.2. The first-order valence-corrected chi connectivity index (χ1v) is 10.6. The minimum Gasteiger partial charge on any atom is -0.298 e.